The van der Waals surface area contributed by atoms with Crippen LogP contribution in [0.3, 0.4) is 0 Å². The van der Waals surface area contributed by atoms with Gasteiger partial charge in [-0.2, -0.15) is 0 Å². The van der Waals surface area contributed by atoms with Crippen LogP contribution >= 0.6 is 0 Å². The molecule has 6 aromatic rings. The minimum absolute atomic E-state index is 0.862. The number of nitrogens with zero attached hydrogens (tertiary/aromatic N) is 9. The molecule has 0 aliphatic heterocycles. The van der Waals surface area contributed by atoms with Gasteiger partial charge in [-0.05, 0) is 254 Å². The highest BCUT2D eigenvalue weighted by Crippen LogP contribution is 2.19. The van der Waals surface area contributed by atoms with E-state index in [0.717, 1.165) is 85.8 Å². The summed E-state index contributed by atoms with van der Waals surface area (Å²) in [7, 11) is 0. The Morgan fingerprint density at radius 3 is 0.365 bits per heavy atom. The second kappa shape index (κ2) is 24.5. The van der Waals surface area contributed by atoms with Gasteiger partial charge < -0.3 is 0 Å². The van der Waals surface area contributed by atoms with Gasteiger partial charge in [0.25, 0.3) is 0 Å². The van der Waals surface area contributed by atoms with Crippen LogP contribution in [0.1, 0.15) is 153 Å². The molecular formula is C54H81N9. The zero-order valence-electron chi connectivity index (χ0n) is 44.5. The first kappa shape index (κ1) is 55.7. The Kier molecular flexibility index (Phi) is 21.7. The Hall–Kier alpha value is -5.31. The van der Waals surface area contributed by atoms with Crippen LogP contribution in [0.4, 0.5) is 0 Å². The van der Waals surface area contributed by atoms with E-state index in [-0.39, 0.29) is 0 Å². The van der Waals surface area contributed by atoms with E-state index in [4.69, 9.17) is 0 Å². The van der Waals surface area contributed by atoms with Gasteiger partial charge in [0.15, 0.2) is 0 Å². The quantitative estimate of drug-likeness (QED) is 0.147. The summed E-state index contributed by atoms with van der Waals surface area (Å²) in [6.07, 6.45) is 0. The fourth-order valence-electron chi connectivity index (χ4n) is 6.55. The molecule has 0 radical (unpaired) electrons. The molecule has 0 amide bonds. The lowest BCUT2D eigenvalue weighted by molar-refractivity contribution is 0.948. The first-order valence-corrected chi connectivity index (χ1v) is 22.0. The molecule has 9 nitrogen and oxygen atoms in total. The molecule has 0 aromatic carbocycles. The molecule has 0 saturated heterocycles. The van der Waals surface area contributed by atoms with Crippen LogP contribution in [0, 0.1) is 187 Å². The van der Waals surface area contributed by atoms with Gasteiger partial charge in [-0.15, -0.1) is 0 Å². The minimum Gasteiger partial charge on any atom is -0.258 e. The van der Waals surface area contributed by atoms with Crippen LogP contribution in [0.25, 0.3) is 0 Å². The molecule has 6 heterocycles. The van der Waals surface area contributed by atoms with Crippen LogP contribution in [0.15, 0.2) is 0 Å². The summed E-state index contributed by atoms with van der Waals surface area (Å²) in [5.74, 6) is 2.59. The largest absolute Gasteiger partial charge is 0.258 e. The van der Waals surface area contributed by atoms with Gasteiger partial charge >= 0.3 is 0 Å². The highest BCUT2D eigenvalue weighted by molar-refractivity contribution is 5.38. The van der Waals surface area contributed by atoms with Crippen molar-refractivity contribution in [2.45, 2.75) is 187 Å². The van der Waals surface area contributed by atoms with Crippen molar-refractivity contribution in [2.75, 3.05) is 0 Å². The number of hydrogen-bond donors (Lipinski definition) is 0. The van der Waals surface area contributed by atoms with Gasteiger partial charge in [-0.1, -0.05) is 0 Å². The third-order valence-electron chi connectivity index (χ3n) is 12.9. The van der Waals surface area contributed by atoms with Crippen molar-refractivity contribution in [3.8, 4) is 0 Å². The van der Waals surface area contributed by atoms with Gasteiger partial charge in [0.2, 0.25) is 0 Å². The number of rotatable bonds is 0. The molecule has 9 heteroatoms. The van der Waals surface area contributed by atoms with E-state index in [0.29, 0.717) is 0 Å². The second-order valence-corrected chi connectivity index (χ2v) is 17.2. The van der Waals surface area contributed by atoms with Crippen LogP contribution in [0.2, 0.25) is 0 Å². The zero-order chi connectivity index (χ0) is 49.0. The molecule has 0 fully saturated rings. The average molecular weight is 856 g/mol. The van der Waals surface area contributed by atoms with Crippen molar-refractivity contribution in [3.05, 3.63) is 153 Å². The van der Waals surface area contributed by atoms with Gasteiger partial charge in [0.05, 0.1) is 0 Å². The van der Waals surface area contributed by atoms with E-state index in [1.54, 1.807) is 0 Å². The maximum atomic E-state index is 4.43. The molecule has 342 valence electrons. The van der Waals surface area contributed by atoms with E-state index in [2.05, 4.69) is 149 Å². The Balaban J connectivity index is 0.000000378. The monoisotopic (exact) mass is 856 g/mol. The van der Waals surface area contributed by atoms with Crippen molar-refractivity contribution in [3.63, 3.8) is 0 Å². The molecule has 0 aliphatic rings. The van der Waals surface area contributed by atoms with Gasteiger partial charge in [-0.25, -0.2) is 29.9 Å². The lowest BCUT2D eigenvalue weighted by Gasteiger charge is -2.09. The molecule has 0 N–H and O–H groups in total. The molecule has 0 unspecified atom stereocenters. The van der Waals surface area contributed by atoms with E-state index >= 15 is 0 Å². The number of pyridine rings is 3. The predicted molar refractivity (Wildman–Crippen MR) is 267 cm³/mol. The van der Waals surface area contributed by atoms with Crippen molar-refractivity contribution in [2.24, 2.45) is 0 Å². The fraction of sp³-hybridized carbons (Fsp3) is 0.500. The third kappa shape index (κ3) is 16.1. The summed E-state index contributed by atoms with van der Waals surface area (Å²) in [5, 5.41) is 0. The summed E-state index contributed by atoms with van der Waals surface area (Å²) >= 11 is 0. The SMILES string of the molecule is Cc1nc(C)c(C)c(C)c1C.Cc1nc(C)c(C)c(C)c1C.Cc1nc(C)c(C)c(C)c1C.Cc1nc(C)c(C)c(C)n1.Cc1nc(C)c(C)c(C)n1.Cc1nc(C)c(C)c(C)n1. The fourth-order valence-corrected chi connectivity index (χ4v) is 6.55. The molecule has 0 aliphatic carbocycles. The predicted octanol–water partition coefficient (Wildman–Crippen LogP) is 13.0. The summed E-state index contributed by atoms with van der Waals surface area (Å²) in [5.41, 5.74) is 29.2. The lowest BCUT2D eigenvalue weighted by atomic mass is 10.0. The molecule has 0 spiro atoms. The zero-order valence-corrected chi connectivity index (χ0v) is 44.5. The molecule has 6 aromatic heterocycles. The Labute approximate surface area is 383 Å². The molecule has 0 atom stereocenters. The van der Waals surface area contributed by atoms with Crippen LogP contribution in [-0.4, -0.2) is 44.9 Å². The minimum atomic E-state index is 0.862. The second-order valence-electron chi connectivity index (χ2n) is 17.2. The first-order valence-electron chi connectivity index (χ1n) is 22.0. The van der Waals surface area contributed by atoms with E-state index in [1.807, 2.05) is 83.1 Å². The molecule has 0 bridgehead atoms. The standard InChI is InChI=1S/3C10H15N.3C8H12N2/c3*1-6-7(2)9(4)11-10(5)8(6)3;3*1-5-6(2)9-8(4)10-7(5)3/h3*1-5H3;3*1-4H3. The first-order chi connectivity index (χ1) is 28.9. The Bertz CT molecular complexity index is 2100. The van der Waals surface area contributed by atoms with Crippen LogP contribution in [-0.2, 0) is 0 Å². The average Bonchev–Trinajstić information content (AvgIpc) is 3.20. The van der Waals surface area contributed by atoms with E-state index < -0.39 is 0 Å². The normalized spacial score (nSPS) is 10.1. The van der Waals surface area contributed by atoms with Gasteiger partial charge in [0, 0.05) is 68.3 Å². The highest BCUT2D eigenvalue weighted by Gasteiger charge is 2.07. The van der Waals surface area contributed by atoms with Crippen LogP contribution < -0.4 is 0 Å². The highest BCUT2D eigenvalue weighted by atomic mass is 14.9. The third-order valence-corrected chi connectivity index (χ3v) is 12.9. The topological polar surface area (TPSA) is 116 Å². The summed E-state index contributed by atoms with van der Waals surface area (Å²) in [6.45, 7) is 55.6. The van der Waals surface area contributed by atoms with Crippen molar-refractivity contribution < 1.29 is 0 Å². The van der Waals surface area contributed by atoms with E-state index in [1.165, 1.54) is 66.8 Å². The molecule has 63 heavy (non-hydrogen) atoms. The van der Waals surface area contributed by atoms with Crippen molar-refractivity contribution in [1.82, 2.24) is 44.9 Å². The molecular weight excluding hydrogens is 775 g/mol. The Morgan fingerprint density at radius 2 is 0.238 bits per heavy atom. The lowest BCUT2D eigenvalue weighted by Crippen LogP contribution is -1.98. The Morgan fingerprint density at radius 1 is 0.127 bits per heavy atom. The summed E-state index contributed by atoms with van der Waals surface area (Å²) < 4.78 is 0. The maximum absolute atomic E-state index is 4.43. The summed E-state index contributed by atoms with van der Waals surface area (Å²) in [4.78, 5) is 38.6. The van der Waals surface area contributed by atoms with Gasteiger partial charge in [-0.3, -0.25) is 15.0 Å². The van der Waals surface area contributed by atoms with Crippen LogP contribution in [0.5, 0.6) is 0 Å². The number of aryl methyl sites for hydroxylation is 15. The smallest absolute Gasteiger partial charge is 0.125 e. The molecule has 0 saturated carbocycles. The number of aromatic nitrogens is 9. The number of hydrogen-bond acceptors (Lipinski definition) is 9. The van der Waals surface area contributed by atoms with Crippen molar-refractivity contribution in [1.29, 1.82) is 0 Å². The maximum Gasteiger partial charge on any atom is 0.125 e. The summed E-state index contributed by atoms with van der Waals surface area (Å²) in [6, 6.07) is 0. The van der Waals surface area contributed by atoms with Crippen molar-refractivity contribution >= 4 is 0 Å². The van der Waals surface area contributed by atoms with Gasteiger partial charge in [0.1, 0.15) is 17.5 Å². The van der Waals surface area contributed by atoms with E-state index in [9.17, 15) is 0 Å². The molecule has 6 rings (SSSR count).